The Morgan fingerprint density at radius 2 is 1.88 bits per heavy atom. The number of nitriles is 1. The van der Waals surface area contributed by atoms with E-state index in [0.717, 1.165) is 25.2 Å². The smallest absolute Gasteiger partial charge is 0.124 e. The minimum Gasteiger partial charge on any atom is -0.298 e. The maximum Gasteiger partial charge on any atom is 0.124 e. The first kappa shape index (κ1) is 18.8. The van der Waals surface area contributed by atoms with Gasteiger partial charge in [-0.15, -0.1) is 0 Å². The molecule has 0 amide bonds. The third kappa shape index (κ3) is 4.23. The topological polar surface area (TPSA) is 27.0 Å². The molecule has 1 heterocycles. The molecule has 1 atom stereocenters. The van der Waals surface area contributed by atoms with Crippen molar-refractivity contribution < 1.29 is 8.78 Å². The van der Waals surface area contributed by atoms with Crippen LogP contribution >= 0.6 is 11.6 Å². The summed E-state index contributed by atoms with van der Waals surface area (Å²) in [5.41, 5.74) is 0.440. The lowest BCUT2D eigenvalue weighted by atomic mass is 9.73. The number of hydrogen-bond acceptors (Lipinski definition) is 2. The van der Waals surface area contributed by atoms with Gasteiger partial charge in [-0.3, -0.25) is 4.90 Å². The van der Waals surface area contributed by atoms with E-state index in [2.05, 4.69) is 4.90 Å². The van der Waals surface area contributed by atoms with Gasteiger partial charge in [-0.25, -0.2) is 8.78 Å². The number of rotatable bonds is 5. The van der Waals surface area contributed by atoms with Crippen molar-refractivity contribution in [3.8, 4) is 6.07 Å². The Morgan fingerprint density at radius 1 is 1.23 bits per heavy atom. The summed E-state index contributed by atoms with van der Waals surface area (Å²) in [4.78, 5) is 2.23. The Hall–Kier alpha value is -1.96. The molecule has 136 valence electrons. The molecule has 1 aliphatic rings. The van der Waals surface area contributed by atoms with E-state index in [-0.39, 0.29) is 11.5 Å². The third-order valence-electron chi connectivity index (χ3n) is 4.92. The molecule has 0 radical (unpaired) electrons. The number of alkyl halides is 1. The first-order chi connectivity index (χ1) is 12.3. The van der Waals surface area contributed by atoms with Crippen LogP contribution in [0.1, 0.15) is 36.5 Å². The monoisotopic (exact) mass is 374 g/mol. The Bertz CT molecular complexity index is 815. The summed E-state index contributed by atoms with van der Waals surface area (Å²) in [7, 11) is 0. The molecule has 0 aromatic heterocycles. The van der Waals surface area contributed by atoms with Crippen molar-refractivity contribution in [1.29, 1.82) is 5.26 Å². The summed E-state index contributed by atoms with van der Waals surface area (Å²) in [5, 5.41) is 9.78. The van der Waals surface area contributed by atoms with Gasteiger partial charge >= 0.3 is 0 Å². The van der Waals surface area contributed by atoms with Gasteiger partial charge in [0, 0.05) is 30.6 Å². The maximum absolute atomic E-state index is 14.9. The van der Waals surface area contributed by atoms with Gasteiger partial charge in [-0.05, 0) is 61.2 Å². The van der Waals surface area contributed by atoms with Gasteiger partial charge in [-0.2, -0.15) is 5.26 Å². The maximum atomic E-state index is 14.9. The number of hydrogen-bond donors (Lipinski definition) is 0. The molecule has 0 spiro atoms. The van der Waals surface area contributed by atoms with Crippen LogP contribution in [0.5, 0.6) is 0 Å². The van der Waals surface area contributed by atoms with Crippen LogP contribution in [0.2, 0.25) is 5.02 Å². The van der Waals surface area contributed by atoms with Crippen LogP contribution in [-0.4, -0.2) is 23.7 Å². The van der Waals surface area contributed by atoms with Crippen LogP contribution in [0.15, 0.2) is 42.5 Å². The summed E-state index contributed by atoms with van der Waals surface area (Å²) >= 11 is 5.91. The summed E-state index contributed by atoms with van der Waals surface area (Å²) in [6, 6.07) is 13.8. The van der Waals surface area contributed by atoms with Gasteiger partial charge in [0.2, 0.25) is 0 Å². The van der Waals surface area contributed by atoms with Crippen molar-refractivity contribution in [1.82, 2.24) is 4.90 Å². The highest BCUT2D eigenvalue weighted by Crippen LogP contribution is 2.42. The average Bonchev–Trinajstić information content (AvgIpc) is 2.52. The molecule has 2 aromatic carbocycles. The molecule has 1 fully saturated rings. The Balaban J connectivity index is 1.74. The van der Waals surface area contributed by atoms with E-state index >= 15 is 0 Å². The van der Waals surface area contributed by atoms with Crippen LogP contribution in [0, 0.1) is 23.1 Å². The molecule has 5 heteroatoms. The number of likely N-dealkylation sites (tertiary alicyclic amines) is 1. The zero-order valence-electron chi connectivity index (χ0n) is 14.8. The van der Waals surface area contributed by atoms with E-state index < -0.39 is 17.4 Å². The predicted molar refractivity (Wildman–Crippen MR) is 99.3 cm³/mol. The average molecular weight is 375 g/mol. The molecule has 3 rings (SSSR count). The van der Waals surface area contributed by atoms with Gasteiger partial charge in [0.05, 0.1) is 11.6 Å². The molecule has 2 aromatic rings. The van der Waals surface area contributed by atoms with Gasteiger partial charge in [-0.1, -0.05) is 23.7 Å². The molecular formula is C21H21ClF2N2. The van der Waals surface area contributed by atoms with Crippen LogP contribution < -0.4 is 0 Å². The largest absolute Gasteiger partial charge is 0.298 e. The summed E-state index contributed by atoms with van der Waals surface area (Å²) in [6.07, 6.45) is 0. The van der Waals surface area contributed by atoms with Crippen molar-refractivity contribution >= 4 is 11.6 Å². The summed E-state index contributed by atoms with van der Waals surface area (Å²) < 4.78 is 28.8. The molecule has 0 aliphatic carbocycles. The molecule has 0 bridgehead atoms. The van der Waals surface area contributed by atoms with Crippen LogP contribution in [0.25, 0.3) is 0 Å². The fourth-order valence-electron chi connectivity index (χ4n) is 3.88. The number of halogens is 3. The quantitative estimate of drug-likeness (QED) is 0.708. The van der Waals surface area contributed by atoms with E-state index in [9.17, 15) is 8.78 Å². The summed E-state index contributed by atoms with van der Waals surface area (Å²) in [6.45, 7) is 5.30. The van der Waals surface area contributed by atoms with Crippen molar-refractivity contribution in [3.63, 3.8) is 0 Å². The molecule has 1 unspecified atom stereocenters. The van der Waals surface area contributed by atoms with Crippen LogP contribution in [0.4, 0.5) is 8.78 Å². The van der Waals surface area contributed by atoms with Gasteiger partial charge in [0.15, 0.2) is 0 Å². The van der Waals surface area contributed by atoms with Crippen molar-refractivity contribution in [2.45, 2.75) is 32.0 Å². The van der Waals surface area contributed by atoms with Crippen molar-refractivity contribution in [3.05, 3.63) is 70.0 Å². The van der Waals surface area contributed by atoms with E-state index in [1.807, 2.05) is 30.3 Å². The zero-order chi connectivity index (χ0) is 18.9. The van der Waals surface area contributed by atoms with Gasteiger partial charge in [0.25, 0.3) is 0 Å². The summed E-state index contributed by atoms with van der Waals surface area (Å²) in [5.74, 6) is -0.868. The first-order valence-corrected chi connectivity index (χ1v) is 9.00. The molecular weight excluding hydrogens is 354 g/mol. The lowest BCUT2D eigenvalue weighted by Crippen LogP contribution is -2.51. The lowest BCUT2D eigenvalue weighted by molar-refractivity contribution is 0.0212. The van der Waals surface area contributed by atoms with Gasteiger partial charge in [0.1, 0.15) is 11.5 Å². The molecule has 1 aliphatic heterocycles. The third-order valence-corrected chi connectivity index (χ3v) is 5.18. The van der Waals surface area contributed by atoms with E-state index in [0.29, 0.717) is 10.6 Å². The fourth-order valence-corrected chi connectivity index (χ4v) is 4.01. The fraction of sp³-hybridized carbons (Fsp3) is 0.381. The number of nitrogens with zero attached hydrogens (tertiary/aromatic N) is 2. The highest BCUT2D eigenvalue weighted by Gasteiger charge is 2.43. The van der Waals surface area contributed by atoms with Gasteiger partial charge < -0.3 is 0 Å². The molecule has 2 nitrogen and oxygen atoms in total. The van der Waals surface area contributed by atoms with Crippen LogP contribution in [-0.2, 0) is 6.54 Å². The van der Waals surface area contributed by atoms with E-state index in [1.54, 1.807) is 6.07 Å². The molecule has 1 saturated heterocycles. The molecule has 0 N–H and O–H groups in total. The standard InChI is InChI=1S/C21H21ClF2N2/c1-21(2,24)20(16-7-15(10-25)8-19(23)9-16)17-12-26(13-17)11-14-3-5-18(22)6-4-14/h3-9,17,20H,11-13H2,1-2H3. The highest BCUT2D eigenvalue weighted by atomic mass is 35.5. The zero-order valence-corrected chi connectivity index (χ0v) is 15.6. The van der Waals surface area contributed by atoms with Crippen molar-refractivity contribution in [2.75, 3.05) is 13.1 Å². The second-order valence-electron chi connectivity index (χ2n) is 7.51. The Labute approximate surface area is 158 Å². The van der Waals surface area contributed by atoms with E-state index in [4.69, 9.17) is 16.9 Å². The Morgan fingerprint density at radius 3 is 2.46 bits per heavy atom. The highest BCUT2D eigenvalue weighted by molar-refractivity contribution is 6.30. The normalized spacial score (nSPS) is 16.8. The predicted octanol–water partition coefficient (Wildman–Crippen LogP) is 5.31. The first-order valence-electron chi connectivity index (χ1n) is 8.62. The van der Waals surface area contributed by atoms with Crippen LogP contribution in [0.3, 0.4) is 0 Å². The Kier molecular flexibility index (Phi) is 5.32. The molecule has 26 heavy (non-hydrogen) atoms. The number of benzene rings is 2. The lowest BCUT2D eigenvalue weighted by Gasteiger charge is -2.46. The minimum atomic E-state index is -1.50. The van der Waals surface area contributed by atoms with E-state index in [1.165, 1.54) is 26.0 Å². The second-order valence-corrected chi connectivity index (χ2v) is 7.94. The van der Waals surface area contributed by atoms with Crippen molar-refractivity contribution in [2.24, 2.45) is 5.92 Å². The minimum absolute atomic E-state index is 0.0793. The molecule has 0 saturated carbocycles. The SMILES string of the molecule is CC(C)(F)C(c1cc(F)cc(C#N)c1)C1CN(Cc2ccc(Cl)cc2)C1. The second kappa shape index (κ2) is 7.34.